The van der Waals surface area contributed by atoms with E-state index in [1.807, 2.05) is 48.5 Å². The summed E-state index contributed by atoms with van der Waals surface area (Å²) in [5.74, 6) is 0.279. The number of nitrogens with one attached hydrogen (secondary N) is 1. The molecule has 4 rings (SSSR count). The van der Waals surface area contributed by atoms with Crippen molar-refractivity contribution in [1.29, 1.82) is 5.26 Å². The van der Waals surface area contributed by atoms with Crippen LogP contribution in [-0.4, -0.2) is 23.0 Å². The highest BCUT2D eigenvalue weighted by Crippen LogP contribution is 2.34. The lowest BCUT2D eigenvalue weighted by Crippen LogP contribution is -2.24. The molecule has 0 atom stereocenters. The van der Waals surface area contributed by atoms with Gasteiger partial charge in [-0.15, -0.1) is 0 Å². The number of benzene rings is 2. The predicted molar refractivity (Wildman–Crippen MR) is 114 cm³/mol. The molecular formula is C24H18N4O2. The van der Waals surface area contributed by atoms with E-state index in [0.29, 0.717) is 23.2 Å². The Morgan fingerprint density at radius 1 is 1.10 bits per heavy atom. The van der Waals surface area contributed by atoms with Gasteiger partial charge in [0.25, 0.3) is 5.91 Å². The number of aromatic nitrogens is 2. The van der Waals surface area contributed by atoms with Crippen molar-refractivity contribution in [3.8, 4) is 22.9 Å². The summed E-state index contributed by atoms with van der Waals surface area (Å²) in [5, 5.41) is 14.0. The summed E-state index contributed by atoms with van der Waals surface area (Å²) in [7, 11) is 1.58. The topological polar surface area (TPSA) is 87.9 Å². The van der Waals surface area contributed by atoms with Crippen LogP contribution in [0, 0.1) is 11.3 Å². The van der Waals surface area contributed by atoms with Gasteiger partial charge in [0.15, 0.2) is 0 Å². The first-order chi connectivity index (χ1) is 14.7. The molecule has 0 aliphatic heterocycles. The van der Waals surface area contributed by atoms with E-state index < -0.39 is 0 Å². The van der Waals surface area contributed by atoms with Crippen molar-refractivity contribution in [2.45, 2.75) is 6.54 Å². The number of nitriles is 1. The van der Waals surface area contributed by atoms with Gasteiger partial charge in [-0.3, -0.25) is 9.78 Å². The van der Waals surface area contributed by atoms with Crippen molar-refractivity contribution in [2.75, 3.05) is 7.11 Å². The number of pyridine rings is 2. The molecule has 4 aromatic rings. The average molecular weight is 394 g/mol. The van der Waals surface area contributed by atoms with E-state index in [2.05, 4.69) is 21.4 Å². The summed E-state index contributed by atoms with van der Waals surface area (Å²) in [6, 6.07) is 20.8. The van der Waals surface area contributed by atoms with Gasteiger partial charge in [0.1, 0.15) is 23.2 Å². The molecule has 2 aromatic carbocycles. The van der Waals surface area contributed by atoms with Crippen molar-refractivity contribution >= 4 is 16.7 Å². The fourth-order valence-corrected chi connectivity index (χ4v) is 3.34. The normalized spacial score (nSPS) is 10.4. The number of ether oxygens (including phenoxy) is 1. The molecule has 1 amide bonds. The lowest BCUT2D eigenvalue weighted by molar-refractivity contribution is 0.0947. The number of amides is 1. The smallest absolute Gasteiger partial charge is 0.270 e. The standard InChI is InChI=1S/C24H18N4O2/c1-30-18-9-10-19-20(12-18)22(17-7-3-2-4-8-17)21(13-25)28-23(19)24(29)27-15-16-6-5-11-26-14-16/h2-12,14H,15H2,1H3,(H,27,29). The Kier molecular flexibility index (Phi) is 5.35. The first-order valence-electron chi connectivity index (χ1n) is 9.35. The molecule has 0 saturated carbocycles. The molecule has 0 radical (unpaired) electrons. The minimum Gasteiger partial charge on any atom is -0.497 e. The van der Waals surface area contributed by atoms with Gasteiger partial charge in [-0.2, -0.15) is 5.26 Å². The maximum absolute atomic E-state index is 13.0. The van der Waals surface area contributed by atoms with E-state index in [4.69, 9.17) is 4.74 Å². The summed E-state index contributed by atoms with van der Waals surface area (Å²) in [5.41, 5.74) is 2.79. The minimum atomic E-state index is -0.356. The number of fused-ring (bicyclic) bond motifs is 1. The number of carbonyl (C=O) groups is 1. The first-order valence-corrected chi connectivity index (χ1v) is 9.35. The summed E-state index contributed by atoms with van der Waals surface area (Å²) in [6.07, 6.45) is 3.37. The Morgan fingerprint density at radius 2 is 1.93 bits per heavy atom. The van der Waals surface area contributed by atoms with Crippen LogP contribution in [0.3, 0.4) is 0 Å². The zero-order valence-electron chi connectivity index (χ0n) is 16.3. The molecule has 2 heterocycles. The Bertz CT molecular complexity index is 1250. The van der Waals surface area contributed by atoms with Crippen molar-refractivity contribution in [2.24, 2.45) is 0 Å². The molecule has 30 heavy (non-hydrogen) atoms. The SMILES string of the molecule is COc1ccc2c(C(=O)NCc3cccnc3)nc(C#N)c(-c3ccccc3)c2c1. The average Bonchev–Trinajstić information content (AvgIpc) is 2.82. The predicted octanol–water partition coefficient (Wildman–Crippen LogP) is 4.11. The van der Waals surface area contributed by atoms with Crippen LogP contribution in [0.4, 0.5) is 0 Å². The van der Waals surface area contributed by atoms with Crippen molar-refractivity contribution < 1.29 is 9.53 Å². The van der Waals surface area contributed by atoms with Crippen LogP contribution in [-0.2, 0) is 6.54 Å². The molecule has 0 bridgehead atoms. The van der Waals surface area contributed by atoms with E-state index in [-0.39, 0.29) is 17.3 Å². The van der Waals surface area contributed by atoms with E-state index >= 15 is 0 Å². The number of methoxy groups -OCH3 is 1. The summed E-state index contributed by atoms with van der Waals surface area (Å²) >= 11 is 0. The van der Waals surface area contributed by atoms with Crippen LogP contribution in [0.25, 0.3) is 21.9 Å². The minimum absolute atomic E-state index is 0.188. The lowest BCUT2D eigenvalue weighted by atomic mass is 9.95. The molecule has 0 unspecified atom stereocenters. The lowest BCUT2D eigenvalue weighted by Gasteiger charge is -2.14. The molecular weight excluding hydrogens is 376 g/mol. The Balaban J connectivity index is 1.85. The van der Waals surface area contributed by atoms with Crippen LogP contribution in [0.15, 0.2) is 73.1 Å². The summed E-state index contributed by atoms with van der Waals surface area (Å²) in [6.45, 7) is 0.314. The van der Waals surface area contributed by atoms with Crippen LogP contribution < -0.4 is 10.1 Å². The fourth-order valence-electron chi connectivity index (χ4n) is 3.34. The van der Waals surface area contributed by atoms with Crippen molar-refractivity contribution in [3.63, 3.8) is 0 Å². The fraction of sp³-hybridized carbons (Fsp3) is 0.0833. The number of carbonyl (C=O) groups excluding carboxylic acids is 1. The quantitative estimate of drug-likeness (QED) is 0.550. The summed E-state index contributed by atoms with van der Waals surface area (Å²) < 4.78 is 5.38. The van der Waals surface area contributed by atoms with E-state index in [1.165, 1.54) is 0 Å². The highest BCUT2D eigenvalue weighted by Gasteiger charge is 2.20. The van der Waals surface area contributed by atoms with Crippen molar-refractivity contribution in [1.82, 2.24) is 15.3 Å². The van der Waals surface area contributed by atoms with Crippen LogP contribution in [0.5, 0.6) is 5.75 Å². The van der Waals surface area contributed by atoms with Gasteiger partial charge in [-0.05, 0) is 40.8 Å². The van der Waals surface area contributed by atoms with Gasteiger partial charge < -0.3 is 10.1 Å². The first kappa shape index (κ1) is 19.1. The van der Waals surface area contributed by atoms with E-state index in [0.717, 1.165) is 16.5 Å². The van der Waals surface area contributed by atoms with Gasteiger partial charge in [-0.25, -0.2) is 4.98 Å². The van der Waals surface area contributed by atoms with E-state index in [1.54, 1.807) is 31.6 Å². The van der Waals surface area contributed by atoms with Gasteiger partial charge in [0.05, 0.1) is 7.11 Å². The largest absolute Gasteiger partial charge is 0.497 e. The molecule has 0 saturated heterocycles. The second-order valence-corrected chi connectivity index (χ2v) is 6.62. The molecule has 146 valence electrons. The zero-order valence-corrected chi connectivity index (χ0v) is 16.3. The molecule has 6 heteroatoms. The van der Waals surface area contributed by atoms with Crippen LogP contribution in [0.2, 0.25) is 0 Å². The van der Waals surface area contributed by atoms with Crippen LogP contribution in [0.1, 0.15) is 21.7 Å². The number of rotatable bonds is 5. The third-order valence-corrected chi connectivity index (χ3v) is 4.77. The second kappa shape index (κ2) is 8.41. The zero-order chi connectivity index (χ0) is 20.9. The second-order valence-electron chi connectivity index (χ2n) is 6.62. The maximum atomic E-state index is 13.0. The van der Waals surface area contributed by atoms with Crippen LogP contribution >= 0.6 is 0 Å². The summed E-state index contributed by atoms with van der Waals surface area (Å²) in [4.78, 5) is 21.5. The molecule has 1 N–H and O–H groups in total. The molecule has 0 aliphatic rings. The number of nitrogens with zero attached hydrogens (tertiary/aromatic N) is 3. The molecule has 0 spiro atoms. The highest BCUT2D eigenvalue weighted by molar-refractivity contribution is 6.10. The van der Waals surface area contributed by atoms with Gasteiger partial charge in [-0.1, -0.05) is 36.4 Å². The Morgan fingerprint density at radius 3 is 2.63 bits per heavy atom. The van der Waals surface area contributed by atoms with Gasteiger partial charge in [0.2, 0.25) is 0 Å². The van der Waals surface area contributed by atoms with Crippen molar-refractivity contribution in [3.05, 3.63) is 90.0 Å². The maximum Gasteiger partial charge on any atom is 0.270 e. The Labute approximate surface area is 173 Å². The highest BCUT2D eigenvalue weighted by atomic mass is 16.5. The molecule has 2 aromatic heterocycles. The molecule has 6 nitrogen and oxygen atoms in total. The third kappa shape index (κ3) is 3.69. The van der Waals surface area contributed by atoms with Gasteiger partial charge in [0, 0.05) is 29.9 Å². The number of hydrogen-bond acceptors (Lipinski definition) is 5. The molecule has 0 fully saturated rings. The molecule has 0 aliphatic carbocycles. The van der Waals surface area contributed by atoms with E-state index in [9.17, 15) is 10.1 Å². The number of hydrogen-bond donors (Lipinski definition) is 1. The third-order valence-electron chi connectivity index (χ3n) is 4.77. The monoisotopic (exact) mass is 394 g/mol. The Hall–Kier alpha value is -4.24. The van der Waals surface area contributed by atoms with Gasteiger partial charge >= 0.3 is 0 Å².